The average Bonchev–Trinajstić information content (AvgIpc) is 3.12. The molecule has 1 saturated heterocycles. The number of nitrogens with zero attached hydrogens (tertiary/aromatic N) is 3. The van der Waals surface area contributed by atoms with Crippen molar-refractivity contribution in [2.75, 3.05) is 44.8 Å². The summed E-state index contributed by atoms with van der Waals surface area (Å²) in [5.74, 6) is 1.72. The van der Waals surface area contributed by atoms with Gasteiger partial charge in [0, 0.05) is 25.2 Å². The molecule has 7 nitrogen and oxygen atoms in total. The molecule has 2 N–H and O–H groups in total. The molecular weight excluding hydrogens is 433 g/mol. The number of carbonyl (C=O) groups excluding carboxylic acids is 1. The third-order valence-corrected chi connectivity index (χ3v) is 6.85. The lowest BCUT2D eigenvalue weighted by atomic mass is 9.98. The minimum absolute atomic E-state index is 0.0200. The Balaban J connectivity index is 1.40. The van der Waals surface area contributed by atoms with Crippen LogP contribution < -0.4 is 10.1 Å². The van der Waals surface area contributed by atoms with Gasteiger partial charge >= 0.3 is 6.03 Å². The molecule has 2 aromatic carbocycles. The molecule has 1 aromatic heterocycles. The number of nitrogens with one attached hydrogen (secondary N) is 2. The van der Waals surface area contributed by atoms with Gasteiger partial charge in [-0.05, 0) is 73.6 Å². The second-order valence-electron chi connectivity index (χ2n) is 9.27. The van der Waals surface area contributed by atoms with E-state index in [1.807, 2.05) is 22.8 Å². The first-order chi connectivity index (χ1) is 16.6. The summed E-state index contributed by atoms with van der Waals surface area (Å²) in [5.41, 5.74) is 6.13. The zero-order chi connectivity index (χ0) is 23.7. The first-order valence-electron chi connectivity index (χ1n) is 12.2. The molecule has 34 heavy (non-hydrogen) atoms. The van der Waals surface area contributed by atoms with Crippen molar-refractivity contribution < 1.29 is 13.9 Å². The fourth-order valence-electron chi connectivity index (χ4n) is 4.96. The summed E-state index contributed by atoms with van der Waals surface area (Å²) < 4.78 is 19.1. The number of amides is 2. The molecule has 0 spiro atoms. The Morgan fingerprint density at radius 2 is 2.00 bits per heavy atom. The van der Waals surface area contributed by atoms with Crippen LogP contribution in [0.5, 0.6) is 5.75 Å². The fourth-order valence-corrected chi connectivity index (χ4v) is 4.96. The van der Waals surface area contributed by atoms with Gasteiger partial charge in [0.25, 0.3) is 0 Å². The Labute approximate surface area is 199 Å². The van der Waals surface area contributed by atoms with Crippen molar-refractivity contribution in [3.8, 4) is 16.9 Å². The molecule has 2 aliphatic heterocycles. The van der Waals surface area contributed by atoms with Gasteiger partial charge in [0.15, 0.2) is 0 Å². The van der Waals surface area contributed by atoms with Gasteiger partial charge in [0.05, 0.1) is 30.8 Å². The van der Waals surface area contributed by atoms with Crippen LogP contribution in [0.1, 0.15) is 30.9 Å². The van der Waals surface area contributed by atoms with E-state index >= 15 is 0 Å². The van der Waals surface area contributed by atoms with Crippen LogP contribution in [0.15, 0.2) is 30.3 Å². The molecule has 8 heteroatoms. The van der Waals surface area contributed by atoms with Gasteiger partial charge in [-0.2, -0.15) is 0 Å². The van der Waals surface area contributed by atoms with Crippen LogP contribution in [-0.4, -0.2) is 65.3 Å². The minimum atomic E-state index is -0.296. The Kier molecular flexibility index (Phi) is 6.30. The Morgan fingerprint density at radius 1 is 1.18 bits per heavy atom. The maximum atomic E-state index is 13.2. The van der Waals surface area contributed by atoms with E-state index in [2.05, 4.69) is 46.5 Å². The smallest absolute Gasteiger partial charge is 0.320 e. The Morgan fingerprint density at radius 3 is 2.76 bits per heavy atom. The molecule has 5 rings (SSSR count). The number of anilines is 1. The summed E-state index contributed by atoms with van der Waals surface area (Å²) in [6, 6.07) is 10.5. The summed E-state index contributed by atoms with van der Waals surface area (Å²) >= 11 is 0. The molecule has 0 unspecified atom stereocenters. The second kappa shape index (κ2) is 9.52. The number of hydrogen-bond acceptors (Lipinski definition) is 4. The number of aryl methyl sites for hydroxylation is 1. The van der Waals surface area contributed by atoms with E-state index in [1.165, 1.54) is 0 Å². The third kappa shape index (κ3) is 4.41. The van der Waals surface area contributed by atoms with Crippen LogP contribution >= 0.6 is 0 Å². The topological polar surface area (TPSA) is 73.5 Å². The maximum absolute atomic E-state index is 13.2. The number of rotatable bonds is 4. The maximum Gasteiger partial charge on any atom is 0.320 e. The number of H-pyrrole nitrogens is 1. The van der Waals surface area contributed by atoms with E-state index in [0.717, 1.165) is 64.4 Å². The van der Waals surface area contributed by atoms with Crippen LogP contribution in [0.3, 0.4) is 0 Å². The van der Waals surface area contributed by atoms with Crippen LogP contribution in [0.2, 0.25) is 0 Å². The predicted molar refractivity (Wildman–Crippen MR) is 132 cm³/mol. The van der Waals surface area contributed by atoms with Crippen molar-refractivity contribution in [1.29, 1.82) is 0 Å². The lowest BCUT2D eigenvalue weighted by Crippen LogP contribution is -2.47. The quantitative estimate of drug-likeness (QED) is 0.571. The number of hydrogen-bond donors (Lipinski definition) is 2. The second-order valence-corrected chi connectivity index (χ2v) is 9.27. The van der Waals surface area contributed by atoms with E-state index in [-0.39, 0.29) is 18.6 Å². The summed E-state index contributed by atoms with van der Waals surface area (Å²) in [7, 11) is 0. The third-order valence-electron chi connectivity index (χ3n) is 6.85. The van der Waals surface area contributed by atoms with E-state index < -0.39 is 0 Å². The molecule has 3 aromatic rings. The number of halogens is 1. The van der Waals surface area contributed by atoms with Gasteiger partial charge < -0.3 is 24.8 Å². The van der Waals surface area contributed by atoms with Crippen LogP contribution in [-0.2, 0) is 6.54 Å². The molecule has 3 heterocycles. The summed E-state index contributed by atoms with van der Waals surface area (Å²) in [4.78, 5) is 24.9. The first-order valence-corrected chi connectivity index (χ1v) is 12.2. The zero-order valence-electron chi connectivity index (χ0n) is 19.9. The Hall–Kier alpha value is -3.29. The van der Waals surface area contributed by atoms with Gasteiger partial charge in [-0.25, -0.2) is 9.78 Å². The van der Waals surface area contributed by atoms with E-state index in [0.29, 0.717) is 32.8 Å². The lowest BCUT2D eigenvalue weighted by Gasteiger charge is -2.34. The number of piperidine rings is 1. The molecular formula is C26H32FN5O2. The number of aromatic amines is 1. The molecule has 1 fully saturated rings. The highest BCUT2D eigenvalue weighted by atomic mass is 19.1. The number of ether oxygens (including phenoxy) is 1. The van der Waals surface area contributed by atoms with Crippen molar-refractivity contribution in [2.24, 2.45) is 5.92 Å². The summed E-state index contributed by atoms with van der Waals surface area (Å²) in [5, 5.41) is 3.22. The van der Waals surface area contributed by atoms with E-state index in [9.17, 15) is 9.18 Å². The van der Waals surface area contributed by atoms with Crippen LogP contribution in [0, 0.1) is 12.8 Å². The van der Waals surface area contributed by atoms with Gasteiger partial charge in [0.1, 0.15) is 12.4 Å². The number of urea groups is 1. The molecule has 2 aliphatic rings. The summed E-state index contributed by atoms with van der Waals surface area (Å²) in [6.07, 6.45) is 1.47. The fraction of sp³-hybridized carbons (Fsp3) is 0.462. The molecule has 0 atom stereocenters. The number of benzene rings is 2. The van der Waals surface area contributed by atoms with E-state index in [1.54, 1.807) is 0 Å². The lowest BCUT2D eigenvalue weighted by molar-refractivity contribution is 0.122. The normalized spacial score (nSPS) is 16.8. The molecule has 0 saturated carbocycles. The molecule has 2 amide bonds. The monoisotopic (exact) mass is 465 g/mol. The molecule has 0 radical (unpaired) electrons. The Bertz CT molecular complexity index is 1190. The van der Waals surface area contributed by atoms with Gasteiger partial charge in [-0.1, -0.05) is 6.07 Å². The average molecular weight is 466 g/mol. The first kappa shape index (κ1) is 22.5. The predicted octanol–water partition coefficient (Wildman–Crippen LogP) is 4.97. The summed E-state index contributed by atoms with van der Waals surface area (Å²) in [6.45, 7) is 7.36. The molecule has 0 aliphatic carbocycles. The standard InChI is InChI=1S/C26H32FN5O2/c1-3-28-25-29-22-5-4-19(14-23(22)30-25)20-12-17(2)24-21(13-20)16-32(10-11-34-24)26(33)31-8-6-18(15-27)7-9-31/h4-5,12-14,18H,3,6-11,15-16H2,1-2H3,(H2,28,29,30). The highest BCUT2D eigenvalue weighted by Gasteiger charge is 2.28. The van der Waals surface area contributed by atoms with E-state index in [4.69, 9.17) is 4.74 Å². The zero-order valence-corrected chi connectivity index (χ0v) is 19.9. The van der Waals surface area contributed by atoms with Gasteiger partial charge in [-0.15, -0.1) is 0 Å². The highest BCUT2D eigenvalue weighted by Crippen LogP contribution is 2.34. The van der Waals surface area contributed by atoms with Crippen molar-refractivity contribution in [2.45, 2.75) is 33.2 Å². The number of alkyl halides is 1. The number of likely N-dealkylation sites (tertiary alicyclic amines) is 1. The minimum Gasteiger partial charge on any atom is -0.491 e. The van der Waals surface area contributed by atoms with Crippen LogP contribution in [0.25, 0.3) is 22.2 Å². The molecule has 0 bridgehead atoms. The van der Waals surface area contributed by atoms with Crippen molar-refractivity contribution in [3.63, 3.8) is 0 Å². The number of imidazole rings is 1. The SMILES string of the molecule is CCNc1nc2ccc(-c3cc(C)c4c(c3)CN(C(=O)N3CCC(CF)CC3)CCO4)cc2[nH]1. The largest absolute Gasteiger partial charge is 0.491 e. The number of aromatic nitrogens is 2. The molecule has 180 valence electrons. The number of fused-ring (bicyclic) bond motifs is 2. The van der Waals surface area contributed by atoms with Crippen molar-refractivity contribution in [3.05, 3.63) is 41.5 Å². The highest BCUT2D eigenvalue weighted by molar-refractivity contribution is 5.84. The number of carbonyl (C=O) groups is 1. The van der Waals surface area contributed by atoms with Crippen molar-refractivity contribution in [1.82, 2.24) is 19.8 Å². The van der Waals surface area contributed by atoms with Gasteiger partial charge in [0.2, 0.25) is 5.95 Å². The van der Waals surface area contributed by atoms with Crippen LogP contribution in [0.4, 0.5) is 15.1 Å². The van der Waals surface area contributed by atoms with Crippen molar-refractivity contribution >= 4 is 23.0 Å². The van der Waals surface area contributed by atoms with Gasteiger partial charge in [-0.3, -0.25) is 4.39 Å².